The number of aryl methyl sites for hydroxylation is 1. The van der Waals surface area contributed by atoms with Gasteiger partial charge in [0.2, 0.25) is 5.69 Å². The molecular weight excluding hydrogens is 242 g/mol. The molecule has 0 N–H and O–H groups in total. The molecule has 0 spiro atoms. The molecule has 3 rings (SSSR count). The topological polar surface area (TPSA) is 3.88 Å². The predicted octanol–water partition coefficient (Wildman–Crippen LogP) is 2.56. The predicted molar refractivity (Wildman–Crippen MR) is 85.5 cm³/mol. The van der Waals surface area contributed by atoms with Gasteiger partial charge in [-0.3, -0.25) is 0 Å². The Labute approximate surface area is 120 Å². The van der Waals surface area contributed by atoms with Gasteiger partial charge in [0, 0.05) is 16.8 Å². The van der Waals surface area contributed by atoms with Crippen molar-refractivity contribution in [3.8, 4) is 11.3 Å². The third kappa shape index (κ3) is 1.74. The Balaban J connectivity index is 2.45. The van der Waals surface area contributed by atoms with E-state index in [1.54, 1.807) is 0 Å². The number of allylic oxidation sites excluding steroid dienone is 1. The van der Waals surface area contributed by atoms with Crippen LogP contribution in [0.3, 0.4) is 0 Å². The van der Waals surface area contributed by atoms with Crippen molar-refractivity contribution in [1.29, 1.82) is 0 Å². The summed E-state index contributed by atoms with van der Waals surface area (Å²) in [5, 5.41) is 2.32. The van der Waals surface area contributed by atoms with Crippen molar-refractivity contribution in [3.05, 3.63) is 58.1 Å². The second-order valence-electron chi connectivity index (χ2n) is 5.64. The van der Waals surface area contributed by atoms with Gasteiger partial charge in [0.1, 0.15) is 0 Å². The van der Waals surface area contributed by atoms with E-state index in [9.17, 15) is 0 Å². The van der Waals surface area contributed by atoms with E-state index in [1.165, 1.54) is 33.2 Å². The first-order chi connectivity index (χ1) is 9.52. The number of nitrogens with zero attached hydrogens (tertiary/aromatic N) is 1. The maximum Gasteiger partial charge on any atom is 0.221 e. The summed E-state index contributed by atoms with van der Waals surface area (Å²) in [6.07, 6.45) is 4.28. The van der Waals surface area contributed by atoms with Crippen molar-refractivity contribution in [2.75, 3.05) is 0 Å². The van der Waals surface area contributed by atoms with E-state index in [-0.39, 0.29) is 0 Å². The summed E-state index contributed by atoms with van der Waals surface area (Å²) in [5.41, 5.74) is 7.60. The molecule has 1 aliphatic heterocycles. The van der Waals surface area contributed by atoms with Crippen molar-refractivity contribution in [3.63, 3.8) is 0 Å². The molecule has 2 aromatic rings. The molecule has 0 radical (unpaired) electrons. The summed E-state index contributed by atoms with van der Waals surface area (Å²) in [6, 6.07) is 6.66. The van der Waals surface area contributed by atoms with Crippen molar-refractivity contribution in [2.24, 2.45) is 0 Å². The minimum Gasteiger partial charge on any atom is -0.193 e. The monoisotopic (exact) mass is 262 g/mol. The molecular formula is C19H20N+. The summed E-state index contributed by atoms with van der Waals surface area (Å²) >= 11 is 0. The average Bonchev–Trinajstić information content (AvgIpc) is 2.76. The van der Waals surface area contributed by atoms with Crippen LogP contribution in [-0.4, -0.2) is 0 Å². The highest BCUT2D eigenvalue weighted by Gasteiger charge is 2.29. The fourth-order valence-corrected chi connectivity index (χ4v) is 3.14. The van der Waals surface area contributed by atoms with Gasteiger partial charge in [0.05, 0.1) is 5.56 Å². The van der Waals surface area contributed by atoms with Crippen molar-refractivity contribution < 1.29 is 4.57 Å². The Hall–Kier alpha value is -2.15. The lowest BCUT2D eigenvalue weighted by atomic mass is 9.93. The molecule has 20 heavy (non-hydrogen) atoms. The number of pyridine rings is 1. The number of rotatable bonds is 1. The molecule has 0 bridgehead atoms. The highest BCUT2D eigenvalue weighted by molar-refractivity contribution is 5.81. The lowest BCUT2D eigenvalue weighted by Crippen LogP contribution is -2.42. The minimum atomic E-state index is 0.930. The van der Waals surface area contributed by atoms with Crippen LogP contribution in [0.1, 0.15) is 30.5 Å². The number of aromatic nitrogens is 1. The van der Waals surface area contributed by atoms with Crippen LogP contribution < -0.4 is 15.0 Å². The molecule has 0 atom stereocenters. The molecule has 1 aromatic heterocycles. The Morgan fingerprint density at radius 2 is 2.10 bits per heavy atom. The molecule has 0 fully saturated rings. The minimum absolute atomic E-state index is 0.930. The van der Waals surface area contributed by atoms with Gasteiger partial charge < -0.3 is 0 Å². The molecule has 1 heteroatoms. The maximum atomic E-state index is 4.30. The number of fused-ring (bicyclic) bond motifs is 3. The third-order valence-corrected chi connectivity index (χ3v) is 4.07. The molecule has 100 valence electrons. The summed E-state index contributed by atoms with van der Waals surface area (Å²) in [5.74, 6) is 0. The first kappa shape index (κ1) is 12.9. The lowest BCUT2D eigenvalue weighted by molar-refractivity contribution is -0.672. The molecule has 0 saturated carbocycles. The van der Waals surface area contributed by atoms with E-state index in [4.69, 9.17) is 0 Å². The van der Waals surface area contributed by atoms with Crippen LogP contribution in [0.4, 0.5) is 0 Å². The average molecular weight is 262 g/mol. The number of hydrogen-bond acceptors (Lipinski definition) is 0. The van der Waals surface area contributed by atoms with Gasteiger partial charge in [-0.25, -0.2) is 0 Å². The first-order valence-electron chi connectivity index (χ1n) is 7.00. The summed E-state index contributed by atoms with van der Waals surface area (Å²) in [6.45, 7) is 15.7. The lowest BCUT2D eigenvalue weighted by Gasteiger charge is -2.07. The fraction of sp³-hybridized carbons (Fsp3) is 0.211. The molecule has 0 amide bonds. The largest absolute Gasteiger partial charge is 0.221 e. The van der Waals surface area contributed by atoms with E-state index in [0.717, 1.165) is 17.3 Å². The highest BCUT2D eigenvalue weighted by Crippen LogP contribution is 2.32. The van der Waals surface area contributed by atoms with Crippen LogP contribution >= 0.6 is 0 Å². The molecule has 1 nitrogen and oxygen atoms in total. The van der Waals surface area contributed by atoms with Gasteiger partial charge in [-0.05, 0) is 43.2 Å². The number of hydrogen-bond donors (Lipinski definition) is 0. The van der Waals surface area contributed by atoms with Gasteiger partial charge in [0.25, 0.3) is 0 Å². The second-order valence-corrected chi connectivity index (χ2v) is 5.64. The van der Waals surface area contributed by atoms with E-state index < -0.39 is 0 Å². The second kappa shape index (κ2) is 4.45. The summed E-state index contributed by atoms with van der Waals surface area (Å²) < 4.78 is 2.30. The first-order valence-corrected chi connectivity index (χ1v) is 7.00. The van der Waals surface area contributed by atoms with Crippen LogP contribution in [-0.2, 0) is 6.54 Å². The van der Waals surface area contributed by atoms with Crippen molar-refractivity contribution >= 4 is 18.2 Å². The molecule has 1 aromatic carbocycles. The van der Waals surface area contributed by atoms with Gasteiger partial charge in [-0.1, -0.05) is 30.9 Å². The van der Waals surface area contributed by atoms with Gasteiger partial charge in [-0.15, -0.1) is 0 Å². The van der Waals surface area contributed by atoms with Crippen molar-refractivity contribution in [1.82, 2.24) is 0 Å². The van der Waals surface area contributed by atoms with Crippen molar-refractivity contribution in [2.45, 2.75) is 27.3 Å². The zero-order valence-corrected chi connectivity index (χ0v) is 12.5. The van der Waals surface area contributed by atoms with Gasteiger partial charge in [0.15, 0.2) is 12.7 Å². The Kier molecular flexibility index (Phi) is 2.86. The Morgan fingerprint density at radius 1 is 1.35 bits per heavy atom. The molecule has 1 aliphatic rings. The molecule has 0 saturated heterocycles. The Morgan fingerprint density at radius 3 is 2.75 bits per heavy atom. The third-order valence-electron chi connectivity index (χ3n) is 4.07. The quantitative estimate of drug-likeness (QED) is 0.593. The van der Waals surface area contributed by atoms with E-state index >= 15 is 0 Å². The van der Waals surface area contributed by atoms with Crippen LogP contribution in [0.25, 0.3) is 29.5 Å². The van der Waals surface area contributed by atoms with Crippen LogP contribution in [0.2, 0.25) is 0 Å². The summed E-state index contributed by atoms with van der Waals surface area (Å²) in [4.78, 5) is 0. The maximum absolute atomic E-state index is 4.30. The SMILES string of the molecule is C=C(C)c1cc(C)cc2c1-c1c(=C)/c(=C\C)cc[n+]1C2. The zero-order valence-electron chi connectivity index (χ0n) is 12.5. The Bertz CT molecular complexity index is 841. The molecule has 0 unspecified atom stereocenters. The zero-order chi connectivity index (χ0) is 14.4. The molecule has 2 heterocycles. The summed E-state index contributed by atoms with van der Waals surface area (Å²) in [7, 11) is 0. The van der Waals surface area contributed by atoms with E-state index in [2.05, 4.69) is 69.0 Å². The van der Waals surface area contributed by atoms with E-state index in [0.29, 0.717) is 0 Å². The van der Waals surface area contributed by atoms with Crippen LogP contribution in [0.5, 0.6) is 0 Å². The normalized spacial score (nSPS) is 13.2. The highest BCUT2D eigenvalue weighted by atomic mass is 15.0. The van der Waals surface area contributed by atoms with E-state index in [1.807, 2.05) is 0 Å². The smallest absolute Gasteiger partial charge is 0.193 e. The molecule has 0 aliphatic carbocycles. The van der Waals surface area contributed by atoms with Gasteiger partial charge in [-0.2, -0.15) is 4.57 Å². The van der Waals surface area contributed by atoms with Crippen LogP contribution in [0.15, 0.2) is 31.0 Å². The van der Waals surface area contributed by atoms with Crippen LogP contribution in [0, 0.1) is 6.92 Å². The number of benzene rings is 1. The fourth-order valence-electron chi connectivity index (χ4n) is 3.14. The standard InChI is InChI=1S/C19H20N/c1-6-15-7-8-20-11-16-9-13(4)10-17(12(2)3)18(16)19(20)14(15)5/h6-10H,2,5,11H2,1,3-4H3/q+1/b15-6-. The van der Waals surface area contributed by atoms with Gasteiger partial charge >= 0.3 is 0 Å².